The molecule has 0 saturated carbocycles. The van der Waals surface area contributed by atoms with Crippen LogP contribution in [0.25, 0.3) is 0 Å². The number of methoxy groups -OCH3 is 1. The maximum atomic E-state index is 10.3. The van der Waals surface area contributed by atoms with Gasteiger partial charge in [-0.2, -0.15) is 0 Å². The molecule has 0 aromatic heterocycles. The van der Waals surface area contributed by atoms with Crippen LogP contribution in [-0.2, 0) is 0 Å². The Kier molecular flexibility index (Phi) is 6.32. The van der Waals surface area contributed by atoms with Gasteiger partial charge in [-0.15, -0.1) is 0 Å². The average Bonchev–Trinajstić information content (AvgIpc) is 2.39. The lowest BCUT2D eigenvalue weighted by atomic mass is 9.89. The molecule has 2 atom stereocenters. The molecule has 0 aliphatic rings. The highest BCUT2D eigenvalue weighted by Gasteiger charge is 2.20. The number of hydrogen-bond acceptors (Lipinski definition) is 3. The van der Waals surface area contributed by atoms with Crippen LogP contribution in [0.1, 0.15) is 43.7 Å². The molecule has 0 radical (unpaired) electrons. The van der Waals surface area contributed by atoms with Gasteiger partial charge in [-0.25, -0.2) is 0 Å². The number of aliphatic hydroxyl groups excluding tert-OH is 1. The fourth-order valence-electron chi connectivity index (χ4n) is 2.29. The van der Waals surface area contributed by atoms with Crippen molar-refractivity contribution in [1.82, 2.24) is 0 Å². The summed E-state index contributed by atoms with van der Waals surface area (Å²) in [7, 11) is 1.67. The number of aryl methyl sites for hydroxylation is 1. The molecule has 19 heavy (non-hydrogen) atoms. The molecule has 0 amide bonds. The molecule has 2 unspecified atom stereocenters. The molecule has 3 N–H and O–H groups in total. The Morgan fingerprint density at radius 2 is 1.95 bits per heavy atom. The van der Waals surface area contributed by atoms with Gasteiger partial charge in [0, 0.05) is 12.5 Å². The molecule has 0 bridgehead atoms. The highest BCUT2D eigenvalue weighted by Crippen LogP contribution is 2.28. The minimum atomic E-state index is -0.389. The molecule has 3 nitrogen and oxygen atoms in total. The smallest absolute Gasteiger partial charge is 0.122 e. The summed E-state index contributed by atoms with van der Waals surface area (Å²) in [5.41, 5.74) is 7.99. The Labute approximate surface area is 116 Å². The van der Waals surface area contributed by atoms with E-state index in [4.69, 9.17) is 10.5 Å². The maximum absolute atomic E-state index is 10.3. The lowest BCUT2D eigenvalue weighted by Crippen LogP contribution is -2.26. The van der Waals surface area contributed by atoms with Crippen LogP contribution in [-0.4, -0.2) is 24.9 Å². The van der Waals surface area contributed by atoms with Crippen LogP contribution in [0.5, 0.6) is 5.75 Å². The Morgan fingerprint density at radius 1 is 1.26 bits per heavy atom. The first-order valence-electron chi connectivity index (χ1n) is 7.02. The number of nitrogens with two attached hydrogens (primary N) is 1. The second-order valence-electron chi connectivity index (χ2n) is 5.61. The highest BCUT2D eigenvalue weighted by molar-refractivity contribution is 5.38. The molecule has 0 aliphatic heterocycles. The van der Waals surface area contributed by atoms with E-state index >= 15 is 0 Å². The van der Waals surface area contributed by atoms with Crippen molar-refractivity contribution in [2.45, 2.75) is 45.6 Å². The molecule has 0 saturated heterocycles. The third kappa shape index (κ3) is 4.51. The SMILES string of the molecule is COc1cc(C(CN)C(O)CCC(C)C)ccc1C. The predicted octanol–water partition coefficient (Wildman–Crippen LogP) is 2.84. The van der Waals surface area contributed by atoms with Crippen LogP contribution in [0.2, 0.25) is 0 Å². The monoisotopic (exact) mass is 265 g/mol. The van der Waals surface area contributed by atoms with E-state index in [-0.39, 0.29) is 12.0 Å². The highest BCUT2D eigenvalue weighted by atomic mass is 16.5. The summed E-state index contributed by atoms with van der Waals surface area (Å²) in [6, 6.07) is 6.05. The lowest BCUT2D eigenvalue weighted by Gasteiger charge is -2.23. The first kappa shape index (κ1) is 16.0. The fraction of sp³-hybridized carbons (Fsp3) is 0.625. The van der Waals surface area contributed by atoms with Gasteiger partial charge in [-0.1, -0.05) is 26.0 Å². The molecule has 0 aliphatic carbocycles. The van der Waals surface area contributed by atoms with Gasteiger partial charge in [-0.3, -0.25) is 0 Å². The number of rotatable bonds is 7. The molecule has 0 fully saturated rings. The van der Waals surface area contributed by atoms with E-state index in [1.54, 1.807) is 7.11 Å². The minimum absolute atomic E-state index is 0.0201. The lowest BCUT2D eigenvalue weighted by molar-refractivity contribution is 0.129. The first-order chi connectivity index (χ1) is 8.99. The normalized spacial score (nSPS) is 14.5. The van der Waals surface area contributed by atoms with Gasteiger partial charge in [0.15, 0.2) is 0 Å². The van der Waals surface area contributed by atoms with Gasteiger partial charge in [0.05, 0.1) is 13.2 Å². The summed E-state index contributed by atoms with van der Waals surface area (Å²) in [5.74, 6) is 1.43. The van der Waals surface area contributed by atoms with Crippen LogP contribution in [0, 0.1) is 12.8 Å². The molecule has 1 aromatic carbocycles. The van der Waals surface area contributed by atoms with E-state index in [1.165, 1.54) is 0 Å². The second-order valence-corrected chi connectivity index (χ2v) is 5.61. The Bertz CT molecular complexity index is 390. The number of aliphatic hydroxyl groups is 1. The van der Waals surface area contributed by atoms with Crippen molar-refractivity contribution in [2.75, 3.05) is 13.7 Å². The summed E-state index contributed by atoms with van der Waals surface area (Å²) in [5, 5.41) is 10.3. The van der Waals surface area contributed by atoms with Crippen molar-refractivity contribution >= 4 is 0 Å². The van der Waals surface area contributed by atoms with E-state index < -0.39 is 0 Å². The molecular weight excluding hydrogens is 238 g/mol. The van der Waals surface area contributed by atoms with E-state index in [0.29, 0.717) is 12.5 Å². The molecule has 108 valence electrons. The largest absolute Gasteiger partial charge is 0.496 e. The third-order valence-electron chi connectivity index (χ3n) is 3.62. The summed E-state index contributed by atoms with van der Waals surface area (Å²) in [6.07, 6.45) is 1.41. The number of hydrogen-bond donors (Lipinski definition) is 2. The number of benzene rings is 1. The van der Waals surface area contributed by atoms with Crippen molar-refractivity contribution in [3.63, 3.8) is 0 Å². The van der Waals surface area contributed by atoms with Gasteiger partial charge >= 0.3 is 0 Å². The van der Waals surface area contributed by atoms with Crippen LogP contribution < -0.4 is 10.5 Å². The third-order valence-corrected chi connectivity index (χ3v) is 3.62. The van der Waals surface area contributed by atoms with Crippen molar-refractivity contribution in [3.8, 4) is 5.75 Å². The molecule has 1 aromatic rings. The zero-order valence-electron chi connectivity index (χ0n) is 12.5. The summed E-state index contributed by atoms with van der Waals surface area (Å²) >= 11 is 0. The van der Waals surface area contributed by atoms with Gasteiger partial charge in [0.2, 0.25) is 0 Å². The van der Waals surface area contributed by atoms with Crippen LogP contribution in [0.4, 0.5) is 0 Å². The predicted molar refractivity (Wildman–Crippen MR) is 79.6 cm³/mol. The maximum Gasteiger partial charge on any atom is 0.122 e. The zero-order chi connectivity index (χ0) is 14.4. The van der Waals surface area contributed by atoms with Crippen molar-refractivity contribution in [2.24, 2.45) is 11.7 Å². The van der Waals surface area contributed by atoms with Crippen molar-refractivity contribution in [3.05, 3.63) is 29.3 Å². The van der Waals surface area contributed by atoms with Gasteiger partial charge in [-0.05, 0) is 42.9 Å². The van der Waals surface area contributed by atoms with Crippen molar-refractivity contribution in [1.29, 1.82) is 0 Å². The summed E-state index contributed by atoms with van der Waals surface area (Å²) in [6.45, 7) is 6.79. The minimum Gasteiger partial charge on any atom is -0.496 e. The van der Waals surface area contributed by atoms with E-state index in [1.807, 2.05) is 25.1 Å². The molecule has 1 rings (SSSR count). The van der Waals surface area contributed by atoms with Crippen molar-refractivity contribution < 1.29 is 9.84 Å². The Morgan fingerprint density at radius 3 is 2.47 bits per heavy atom. The fourth-order valence-corrected chi connectivity index (χ4v) is 2.29. The summed E-state index contributed by atoms with van der Waals surface area (Å²) < 4.78 is 5.34. The van der Waals surface area contributed by atoms with Gasteiger partial charge in [0.25, 0.3) is 0 Å². The zero-order valence-corrected chi connectivity index (χ0v) is 12.5. The van der Waals surface area contributed by atoms with Gasteiger partial charge < -0.3 is 15.6 Å². The molecular formula is C16H27NO2. The van der Waals surface area contributed by atoms with Crippen LogP contribution >= 0.6 is 0 Å². The van der Waals surface area contributed by atoms with Gasteiger partial charge in [0.1, 0.15) is 5.75 Å². The van der Waals surface area contributed by atoms with E-state index in [0.717, 1.165) is 29.7 Å². The second kappa shape index (κ2) is 7.51. The van der Waals surface area contributed by atoms with E-state index in [2.05, 4.69) is 13.8 Å². The summed E-state index contributed by atoms with van der Waals surface area (Å²) in [4.78, 5) is 0. The van der Waals surface area contributed by atoms with Crippen LogP contribution in [0.3, 0.4) is 0 Å². The topological polar surface area (TPSA) is 55.5 Å². The quantitative estimate of drug-likeness (QED) is 0.797. The Hall–Kier alpha value is -1.06. The first-order valence-corrected chi connectivity index (χ1v) is 7.02. The number of ether oxygens (including phenoxy) is 1. The standard InChI is InChI=1S/C16H27NO2/c1-11(2)5-8-15(18)14(10-17)13-7-6-12(3)16(9-13)19-4/h6-7,9,11,14-15,18H,5,8,10,17H2,1-4H3. The van der Waals surface area contributed by atoms with Crippen LogP contribution in [0.15, 0.2) is 18.2 Å². The molecule has 0 spiro atoms. The Balaban J connectivity index is 2.84. The molecule has 0 heterocycles. The molecule has 3 heteroatoms. The van der Waals surface area contributed by atoms with E-state index in [9.17, 15) is 5.11 Å². The average molecular weight is 265 g/mol.